The van der Waals surface area contributed by atoms with E-state index in [9.17, 15) is 14.7 Å². The number of unbranched alkanes of at least 4 members (excludes halogenated alkanes) is 6. The fourth-order valence-electron chi connectivity index (χ4n) is 3.90. The fourth-order valence-corrected chi connectivity index (χ4v) is 3.90. The Balaban J connectivity index is 4.53. The van der Waals surface area contributed by atoms with E-state index in [1.165, 1.54) is 32.1 Å². The second kappa shape index (κ2) is 14.9. The molecule has 2 N–H and O–H groups in total. The molecule has 0 rings (SSSR count). The van der Waals surface area contributed by atoms with Gasteiger partial charge in [-0.3, -0.25) is 9.59 Å². The van der Waals surface area contributed by atoms with Gasteiger partial charge in [-0.25, -0.2) is 0 Å². The van der Waals surface area contributed by atoms with Gasteiger partial charge in [-0.2, -0.15) is 0 Å². The van der Waals surface area contributed by atoms with Gasteiger partial charge in [0.1, 0.15) is 0 Å². The van der Waals surface area contributed by atoms with Crippen LogP contribution in [-0.2, 0) is 9.59 Å². The minimum atomic E-state index is -0.743. The summed E-state index contributed by atoms with van der Waals surface area (Å²) >= 11 is 0. The van der Waals surface area contributed by atoms with E-state index in [2.05, 4.69) is 13.8 Å². The minimum absolute atomic E-state index is 0.308. The Morgan fingerprint density at radius 2 is 1.37 bits per heavy atom. The molecule has 0 aromatic heterocycles. The molecule has 0 saturated carbocycles. The van der Waals surface area contributed by atoms with E-state index in [0.717, 1.165) is 44.9 Å². The topological polar surface area (TPSA) is 74.6 Å². The molecule has 0 radical (unpaired) electrons. The summed E-state index contributed by atoms with van der Waals surface area (Å²) < 4.78 is 0. The maximum atomic E-state index is 12.0. The van der Waals surface area contributed by atoms with Crippen LogP contribution in [0.2, 0.25) is 0 Å². The predicted molar refractivity (Wildman–Crippen MR) is 112 cm³/mol. The number of carboxylic acid groups (broad SMARTS) is 2. The summed E-state index contributed by atoms with van der Waals surface area (Å²) in [5.41, 5.74) is -0.651. The van der Waals surface area contributed by atoms with Gasteiger partial charge in [-0.15, -0.1) is 0 Å². The Labute approximate surface area is 167 Å². The highest BCUT2D eigenvalue weighted by atomic mass is 16.4. The summed E-state index contributed by atoms with van der Waals surface area (Å²) in [7, 11) is 0. The zero-order chi connectivity index (χ0) is 20.7. The van der Waals surface area contributed by atoms with Crippen molar-refractivity contribution < 1.29 is 19.8 Å². The lowest BCUT2D eigenvalue weighted by molar-refractivity contribution is -0.149. The summed E-state index contributed by atoms with van der Waals surface area (Å²) in [5, 5.41) is 18.8. The zero-order valence-electron chi connectivity index (χ0n) is 18.3. The lowest BCUT2D eigenvalue weighted by atomic mass is 9.74. The van der Waals surface area contributed by atoms with Crippen molar-refractivity contribution in [2.75, 3.05) is 0 Å². The molecule has 0 fully saturated rings. The SMILES string of the molecule is CCCCCCC(CCCC)CC(C)(CCCCCC(C)C(=O)O)C(=O)O. The van der Waals surface area contributed by atoms with Gasteiger partial charge in [0, 0.05) is 0 Å². The van der Waals surface area contributed by atoms with E-state index < -0.39 is 17.4 Å². The molecule has 160 valence electrons. The highest BCUT2D eigenvalue weighted by Gasteiger charge is 2.34. The molecule has 0 saturated heterocycles. The third kappa shape index (κ3) is 12.1. The molecule has 4 nitrogen and oxygen atoms in total. The maximum Gasteiger partial charge on any atom is 0.309 e. The summed E-state index contributed by atoms with van der Waals surface area (Å²) in [5.74, 6) is -1.21. The first-order chi connectivity index (χ1) is 12.8. The minimum Gasteiger partial charge on any atom is -0.481 e. The predicted octanol–water partition coefficient (Wildman–Crippen LogP) is 6.92. The van der Waals surface area contributed by atoms with Crippen molar-refractivity contribution in [1.82, 2.24) is 0 Å². The van der Waals surface area contributed by atoms with Crippen molar-refractivity contribution >= 4 is 11.9 Å². The normalized spacial score (nSPS) is 15.9. The van der Waals surface area contributed by atoms with Crippen LogP contribution < -0.4 is 0 Å². The van der Waals surface area contributed by atoms with Crippen molar-refractivity contribution in [1.29, 1.82) is 0 Å². The summed E-state index contributed by atoms with van der Waals surface area (Å²) in [4.78, 5) is 22.9. The molecule has 3 unspecified atom stereocenters. The van der Waals surface area contributed by atoms with E-state index in [1.807, 2.05) is 6.92 Å². The summed E-state index contributed by atoms with van der Waals surface area (Å²) in [6, 6.07) is 0. The second-order valence-corrected chi connectivity index (χ2v) is 8.77. The Hall–Kier alpha value is -1.06. The number of aliphatic carboxylic acids is 2. The van der Waals surface area contributed by atoms with Crippen LogP contribution in [-0.4, -0.2) is 22.2 Å². The molecule has 0 aliphatic rings. The molecular formula is C23H44O4. The first-order valence-corrected chi connectivity index (χ1v) is 11.2. The van der Waals surface area contributed by atoms with Crippen LogP contribution in [0, 0.1) is 17.3 Å². The number of hydrogen-bond acceptors (Lipinski definition) is 2. The molecule has 0 spiro atoms. The molecule has 0 aliphatic carbocycles. The van der Waals surface area contributed by atoms with Crippen LogP contribution >= 0.6 is 0 Å². The number of carbonyl (C=O) groups is 2. The molecule has 27 heavy (non-hydrogen) atoms. The van der Waals surface area contributed by atoms with Crippen molar-refractivity contribution in [3.8, 4) is 0 Å². The van der Waals surface area contributed by atoms with E-state index in [0.29, 0.717) is 18.8 Å². The van der Waals surface area contributed by atoms with E-state index >= 15 is 0 Å². The smallest absolute Gasteiger partial charge is 0.309 e. The van der Waals surface area contributed by atoms with Crippen LogP contribution in [0.3, 0.4) is 0 Å². The maximum absolute atomic E-state index is 12.0. The van der Waals surface area contributed by atoms with Gasteiger partial charge < -0.3 is 10.2 Å². The van der Waals surface area contributed by atoms with Crippen LogP contribution in [0.15, 0.2) is 0 Å². The Morgan fingerprint density at radius 1 is 0.815 bits per heavy atom. The first-order valence-electron chi connectivity index (χ1n) is 11.2. The van der Waals surface area contributed by atoms with Gasteiger partial charge >= 0.3 is 11.9 Å². The Morgan fingerprint density at radius 3 is 1.93 bits per heavy atom. The Bertz CT molecular complexity index is 407. The number of hydrogen-bond donors (Lipinski definition) is 2. The first kappa shape index (κ1) is 25.9. The van der Waals surface area contributed by atoms with Crippen LogP contribution in [0.1, 0.15) is 118 Å². The van der Waals surface area contributed by atoms with Gasteiger partial charge in [0.25, 0.3) is 0 Å². The standard InChI is InChI=1S/C23H44O4/c1-5-7-9-12-16-20(15-8-6-2)18-23(4,22(26)27)17-13-10-11-14-19(3)21(24)25/h19-20H,5-18H2,1-4H3,(H,24,25)(H,26,27). The summed E-state index contributed by atoms with van der Waals surface area (Å²) in [6.07, 6.45) is 14.4. The average molecular weight is 385 g/mol. The van der Waals surface area contributed by atoms with Crippen LogP contribution in [0.4, 0.5) is 0 Å². The van der Waals surface area contributed by atoms with E-state index in [4.69, 9.17) is 5.11 Å². The van der Waals surface area contributed by atoms with Gasteiger partial charge in [-0.05, 0) is 32.1 Å². The molecule has 0 bridgehead atoms. The Kier molecular flexibility index (Phi) is 14.3. The zero-order valence-corrected chi connectivity index (χ0v) is 18.3. The van der Waals surface area contributed by atoms with Crippen molar-refractivity contribution in [3.05, 3.63) is 0 Å². The van der Waals surface area contributed by atoms with Crippen LogP contribution in [0.5, 0.6) is 0 Å². The third-order valence-electron chi connectivity index (χ3n) is 5.97. The van der Waals surface area contributed by atoms with Gasteiger partial charge in [0.15, 0.2) is 0 Å². The molecule has 0 aromatic carbocycles. The number of rotatable bonds is 18. The molecule has 0 aliphatic heterocycles. The largest absolute Gasteiger partial charge is 0.481 e. The van der Waals surface area contributed by atoms with E-state index in [1.54, 1.807) is 6.92 Å². The second-order valence-electron chi connectivity index (χ2n) is 8.77. The molecule has 0 heterocycles. The summed E-state index contributed by atoms with van der Waals surface area (Å²) in [6.45, 7) is 8.07. The quantitative estimate of drug-likeness (QED) is 0.252. The van der Waals surface area contributed by atoms with E-state index in [-0.39, 0.29) is 5.92 Å². The lowest BCUT2D eigenvalue weighted by Crippen LogP contribution is -2.30. The van der Waals surface area contributed by atoms with Crippen molar-refractivity contribution in [2.45, 2.75) is 118 Å². The highest BCUT2D eigenvalue weighted by molar-refractivity contribution is 5.74. The van der Waals surface area contributed by atoms with Crippen molar-refractivity contribution in [3.63, 3.8) is 0 Å². The van der Waals surface area contributed by atoms with Crippen molar-refractivity contribution in [2.24, 2.45) is 17.3 Å². The molecule has 0 aromatic rings. The number of carboxylic acids is 2. The van der Waals surface area contributed by atoms with Gasteiger partial charge in [0.05, 0.1) is 11.3 Å². The van der Waals surface area contributed by atoms with Gasteiger partial charge in [-0.1, -0.05) is 91.4 Å². The monoisotopic (exact) mass is 384 g/mol. The molecule has 4 heteroatoms. The lowest BCUT2D eigenvalue weighted by Gasteiger charge is -2.30. The molecule has 0 amide bonds. The average Bonchev–Trinajstić information content (AvgIpc) is 2.62. The molecular weight excluding hydrogens is 340 g/mol. The fraction of sp³-hybridized carbons (Fsp3) is 0.913. The molecule has 3 atom stereocenters. The highest BCUT2D eigenvalue weighted by Crippen LogP contribution is 2.36. The van der Waals surface area contributed by atoms with Gasteiger partial charge in [0.2, 0.25) is 0 Å². The van der Waals surface area contributed by atoms with Crippen LogP contribution in [0.25, 0.3) is 0 Å². The third-order valence-corrected chi connectivity index (χ3v) is 5.97.